The molecule has 2 aliphatic carbocycles. The third-order valence-electron chi connectivity index (χ3n) is 8.71. The Morgan fingerprint density at radius 3 is 2.66 bits per heavy atom. The highest BCUT2D eigenvalue weighted by Crippen LogP contribution is 2.40. The van der Waals surface area contributed by atoms with E-state index in [2.05, 4.69) is 58.4 Å². The van der Waals surface area contributed by atoms with Gasteiger partial charge in [-0.2, -0.15) is 0 Å². The minimum absolute atomic E-state index is 0.0525. The molecule has 1 aromatic heterocycles. The number of allylic oxidation sites excluding steroid dienone is 3. The molecular weight excluding hydrogens is 474 g/mol. The number of aromatic amines is 1. The third-order valence-corrected chi connectivity index (χ3v) is 8.71. The van der Waals surface area contributed by atoms with Crippen LogP contribution in [-0.4, -0.2) is 64.6 Å². The van der Waals surface area contributed by atoms with Crippen molar-refractivity contribution in [3.05, 3.63) is 80.6 Å². The van der Waals surface area contributed by atoms with E-state index < -0.39 is 0 Å². The Morgan fingerprint density at radius 1 is 1.18 bits per heavy atom. The van der Waals surface area contributed by atoms with Crippen LogP contribution in [-0.2, 0) is 6.54 Å². The van der Waals surface area contributed by atoms with Crippen molar-refractivity contribution in [3.63, 3.8) is 0 Å². The van der Waals surface area contributed by atoms with E-state index in [1.165, 1.54) is 16.8 Å². The highest BCUT2D eigenvalue weighted by atomic mass is 16.3. The topological polar surface area (TPSA) is 84.0 Å². The van der Waals surface area contributed by atoms with Gasteiger partial charge in [-0.25, -0.2) is 0 Å². The van der Waals surface area contributed by atoms with E-state index in [4.69, 9.17) is 4.99 Å². The molecule has 2 atom stereocenters. The molecule has 7 nitrogen and oxygen atoms in total. The van der Waals surface area contributed by atoms with Gasteiger partial charge in [-0.05, 0) is 95.0 Å². The number of pyridine rings is 1. The van der Waals surface area contributed by atoms with Crippen molar-refractivity contribution in [3.8, 4) is 0 Å². The van der Waals surface area contributed by atoms with Crippen molar-refractivity contribution in [1.82, 2.24) is 20.1 Å². The monoisotopic (exact) mass is 517 g/mol. The second kappa shape index (κ2) is 11.5. The number of aliphatic imine (C=N–C) groups is 1. The average molecular weight is 518 g/mol. The third kappa shape index (κ3) is 5.59. The first-order valence-corrected chi connectivity index (χ1v) is 14.3. The lowest BCUT2D eigenvalue weighted by Gasteiger charge is -2.44. The van der Waals surface area contributed by atoms with E-state index >= 15 is 0 Å². The van der Waals surface area contributed by atoms with Crippen LogP contribution in [0.2, 0.25) is 0 Å². The number of hydrogen-bond donors (Lipinski definition) is 3. The number of likely N-dealkylation sites (N-methyl/N-ethyl adjacent to an activating group) is 1. The number of hydrogen-bond acceptors (Lipinski definition) is 5. The Balaban J connectivity index is 1.51. The van der Waals surface area contributed by atoms with Gasteiger partial charge in [0.15, 0.2) is 0 Å². The highest BCUT2D eigenvalue weighted by Gasteiger charge is 2.37. The van der Waals surface area contributed by atoms with Crippen LogP contribution in [0.4, 0.5) is 0 Å². The molecule has 0 aromatic carbocycles. The number of aliphatic hydroxyl groups is 1. The largest absolute Gasteiger partial charge is 0.393 e. The van der Waals surface area contributed by atoms with Crippen molar-refractivity contribution in [2.24, 2.45) is 16.8 Å². The van der Waals surface area contributed by atoms with Crippen molar-refractivity contribution in [1.29, 1.82) is 0 Å². The number of aliphatic hydroxyl groups excluding tert-OH is 1. The quantitative estimate of drug-likeness (QED) is 0.532. The zero-order valence-electron chi connectivity index (χ0n) is 23.3. The molecule has 2 aliphatic heterocycles. The van der Waals surface area contributed by atoms with Crippen LogP contribution in [0.3, 0.4) is 0 Å². The molecule has 0 radical (unpaired) electrons. The number of fused-ring (bicyclic) bond motifs is 1. The van der Waals surface area contributed by atoms with Gasteiger partial charge < -0.3 is 25.2 Å². The Labute approximate surface area is 226 Å². The van der Waals surface area contributed by atoms with Gasteiger partial charge in [-0.3, -0.25) is 9.79 Å². The summed E-state index contributed by atoms with van der Waals surface area (Å²) < 4.78 is 0. The van der Waals surface area contributed by atoms with Gasteiger partial charge >= 0.3 is 0 Å². The molecule has 0 amide bonds. The number of aryl methyl sites for hydroxylation is 2. The summed E-state index contributed by atoms with van der Waals surface area (Å²) in [6.45, 7) is 9.48. The standard InChI is InChI=1S/C31H43N5O2/c1-5-36(24-6-8-25(37)9-7-24)29-18-23(22-11-14-35(4)15-12-22)17-27-26(29)10-13-32-30(27)33-19-28-20(2)16-21(3)34-31(28)38/h10-11,13,16-18,24-27,37H,5-9,12,14-15,19H2,1-4H3,(H,32,33)(H,34,38). The normalized spacial score (nSPS) is 28.8. The van der Waals surface area contributed by atoms with Crippen LogP contribution < -0.4 is 10.9 Å². The molecule has 0 bridgehead atoms. The van der Waals surface area contributed by atoms with Crippen LogP contribution >= 0.6 is 0 Å². The van der Waals surface area contributed by atoms with Crippen LogP contribution in [0.15, 0.2) is 63.2 Å². The van der Waals surface area contributed by atoms with Crippen molar-refractivity contribution in [2.45, 2.75) is 71.6 Å². The van der Waals surface area contributed by atoms with Crippen LogP contribution in [0, 0.1) is 25.7 Å². The molecule has 2 unspecified atom stereocenters. The first kappa shape index (κ1) is 26.7. The molecule has 0 saturated heterocycles. The molecule has 0 spiro atoms. The van der Waals surface area contributed by atoms with Gasteiger partial charge in [0.25, 0.3) is 5.56 Å². The van der Waals surface area contributed by atoms with E-state index in [1.807, 2.05) is 26.1 Å². The summed E-state index contributed by atoms with van der Waals surface area (Å²) in [4.78, 5) is 25.5. The first-order chi connectivity index (χ1) is 18.3. The minimum atomic E-state index is -0.163. The molecule has 1 aromatic rings. The maximum Gasteiger partial charge on any atom is 0.253 e. The predicted molar refractivity (Wildman–Crippen MR) is 154 cm³/mol. The molecule has 1 saturated carbocycles. The molecule has 5 rings (SSSR count). The fourth-order valence-corrected chi connectivity index (χ4v) is 6.51. The van der Waals surface area contributed by atoms with Gasteiger partial charge in [0.2, 0.25) is 0 Å². The van der Waals surface area contributed by atoms with Crippen LogP contribution in [0.1, 0.15) is 55.8 Å². The molecule has 38 heavy (non-hydrogen) atoms. The van der Waals surface area contributed by atoms with Crippen LogP contribution in [0.5, 0.6) is 0 Å². The van der Waals surface area contributed by atoms with Crippen molar-refractivity contribution in [2.75, 3.05) is 26.7 Å². The molecule has 1 fully saturated rings. The fraction of sp³-hybridized carbons (Fsp3) is 0.548. The van der Waals surface area contributed by atoms with Gasteiger partial charge in [0, 0.05) is 54.5 Å². The first-order valence-electron chi connectivity index (χ1n) is 14.3. The summed E-state index contributed by atoms with van der Waals surface area (Å²) in [5.74, 6) is 1.20. The maximum atomic E-state index is 12.7. The van der Waals surface area contributed by atoms with Crippen molar-refractivity contribution >= 4 is 5.84 Å². The zero-order valence-corrected chi connectivity index (χ0v) is 23.3. The second-order valence-corrected chi connectivity index (χ2v) is 11.4. The molecule has 3 N–H and O–H groups in total. The summed E-state index contributed by atoms with van der Waals surface area (Å²) >= 11 is 0. The van der Waals surface area contributed by atoms with Gasteiger partial charge in [-0.15, -0.1) is 0 Å². The molecule has 7 heteroatoms. The van der Waals surface area contributed by atoms with Gasteiger partial charge in [0.1, 0.15) is 5.84 Å². The SMILES string of the molecule is CCN(C1=CC(C2=CCN(C)CC2)=CC2C(=NCc3c(C)cc(C)[nH]c3=O)NC=CC12)C1CCC(O)CC1. The number of aromatic nitrogens is 1. The van der Waals surface area contributed by atoms with E-state index in [1.54, 1.807) is 0 Å². The molecule has 3 heterocycles. The number of rotatable bonds is 6. The second-order valence-electron chi connectivity index (χ2n) is 11.4. The maximum absolute atomic E-state index is 12.7. The molecule has 204 valence electrons. The molecular formula is C31H43N5O2. The van der Waals surface area contributed by atoms with E-state index in [0.29, 0.717) is 12.6 Å². The zero-order chi connectivity index (χ0) is 26.8. The predicted octanol–water partition coefficient (Wildman–Crippen LogP) is 3.95. The van der Waals surface area contributed by atoms with Gasteiger partial charge in [-0.1, -0.05) is 18.2 Å². The number of nitrogens with zero attached hydrogens (tertiary/aromatic N) is 3. The Bertz CT molecular complexity index is 1250. The minimum Gasteiger partial charge on any atom is -0.393 e. The number of amidine groups is 1. The highest BCUT2D eigenvalue weighted by molar-refractivity contribution is 5.89. The summed E-state index contributed by atoms with van der Waals surface area (Å²) in [6.07, 6.45) is 16.2. The number of nitrogens with one attached hydrogen (secondary N) is 2. The van der Waals surface area contributed by atoms with Gasteiger partial charge in [0.05, 0.1) is 12.6 Å². The summed E-state index contributed by atoms with van der Waals surface area (Å²) in [5, 5.41) is 13.6. The van der Waals surface area contributed by atoms with Crippen LogP contribution in [0.25, 0.3) is 0 Å². The smallest absolute Gasteiger partial charge is 0.253 e. The molecule has 4 aliphatic rings. The Kier molecular flexibility index (Phi) is 8.05. The lowest BCUT2D eigenvalue weighted by atomic mass is 9.77. The lowest BCUT2D eigenvalue weighted by molar-refractivity contribution is 0.0847. The summed E-state index contributed by atoms with van der Waals surface area (Å²) in [7, 11) is 2.17. The van der Waals surface area contributed by atoms with Crippen molar-refractivity contribution < 1.29 is 5.11 Å². The van der Waals surface area contributed by atoms with E-state index in [0.717, 1.165) is 74.4 Å². The van der Waals surface area contributed by atoms with E-state index in [9.17, 15) is 9.90 Å². The fourth-order valence-electron chi connectivity index (χ4n) is 6.51. The average Bonchev–Trinajstić information content (AvgIpc) is 2.90. The van der Waals surface area contributed by atoms with E-state index in [-0.39, 0.29) is 23.5 Å². The Morgan fingerprint density at radius 2 is 1.97 bits per heavy atom. The summed E-state index contributed by atoms with van der Waals surface area (Å²) in [6, 6.07) is 2.46. The summed E-state index contributed by atoms with van der Waals surface area (Å²) in [5.41, 5.74) is 6.59. The number of H-pyrrole nitrogens is 1. The Hall–Kier alpha value is -2.90. The lowest BCUT2D eigenvalue weighted by Crippen LogP contribution is -2.45.